The number of benzene rings is 1. The third-order valence-corrected chi connectivity index (χ3v) is 6.34. The molecule has 0 radical (unpaired) electrons. The molecule has 0 aliphatic carbocycles. The second-order valence-corrected chi connectivity index (χ2v) is 10.3. The molecule has 0 saturated carbocycles. The Balaban J connectivity index is 1.63. The molecule has 0 atom stereocenters. The van der Waals surface area contributed by atoms with Gasteiger partial charge in [-0.2, -0.15) is 0 Å². The second kappa shape index (κ2) is 8.40. The highest BCUT2D eigenvalue weighted by Crippen LogP contribution is 2.26. The van der Waals surface area contributed by atoms with E-state index >= 15 is 0 Å². The number of fused-ring (bicyclic) bond motifs is 2. The highest BCUT2D eigenvalue weighted by Gasteiger charge is 2.21. The Hall–Kier alpha value is -3.45. The SMILES string of the molecule is CC(C)n1c(=O)c2ccc(Nc3ccc4c(c3)CNCC4)nc2n1-c1ccnc(C(C)(C)C)c1. The van der Waals surface area contributed by atoms with Gasteiger partial charge in [0.15, 0.2) is 5.65 Å². The first-order valence-electron chi connectivity index (χ1n) is 11.9. The van der Waals surface area contributed by atoms with Crippen molar-refractivity contribution in [3.63, 3.8) is 0 Å². The van der Waals surface area contributed by atoms with Gasteiger partial charge in [-0.15, -0.1) is 0 Å². The molecule has 2 N–H and O–H groups in total. The number of aromatic nitrogens is 4. The van der Waals surface area contributed by atoms with E-state index in [1.54, 1.807) is 10.9 Å². The molecule has 3 aromatic heterocycles. The summed E-state index contributed by atoms with van der Waals surface area (Å²) in [5, 5.41) is 7.47. The summed E-state index contributed by atoms with van der Waals surface area (Å²) in [6, 6.07) is 14.2. The second-order valence-electron chi connectivity index (χ2n) is 10.3. The Morgan fingerprint density at radius 2 is 1.88 bits per heavy atom. The average Bonchev–Trinajstić information content (AvgIpc) is 3.10. The molecule has 0 spiro atoms. The van der Waals surface area contributed by atoms with Crippen LogP contribution in [0, 0.1) is 0 Å². The zero-order valence-electron chi connectivity index (χ0n) is 20.5. The van der Waals surface area contributed by atoms with Crippen LogP contribution in [0.4, 0.5) is 11.5 Å². The van der Waals surface area contributed by atoms with E-state index < -0.39 is 0 Å². The molecule has 0 unspecified atom stereocenters. The number of nitrogens with one attached hydrogen (secondary N) is 2. The molecule has 1 aliphatic heterocycles. The quantitative estimate of drug-likeness (QED) is 0.459. The maximum Gasteiger partial charge on any atom is 0.276 e. The van der Waals surface area contributed by atoms with E-state index in [0.717, 1.165) is 36.6 Å². The van der Waals surface area contributed by atoms with Gasteiger partial charge in [-0.25, -0.2) is 14.3 Å². The van der Waals surface area contributed by atoms with Gasteiger partial charge in [0, 0.05) is 35.6 Å². The summed E-state index contributed by atoms with van der Waals surface area (Å²) in [5.74, 6) is 0.705. The number of nitrogens with zero attached hydrogens (tertiary/aromatic N) is 4. The summed E-state index contributed by atoms with van der Waals surface area (Å²) < 4.78 is 3.70. The van der Waals surface area contributed by atoms with Crippen molar-refractivity contribution in [2.75, 3.05) is 11.9 Å². The lowest BCUT2D eigenvalue weighted by atomic mass is 9.91. The zero-order chi connectivity index (χ0) is 24.0. The zero-order valence-corrected chi connectivity index (χ0v) is 20.5. The fraction of sp³-hybridized carbons (Fsp3) is 0.370. The summed E-state index contributed by atoms with van der Waals surface area (Å²) >= 11 is 0. The monoisotopic (exact) mass is 456 g/mol. The summed E-state index contributed by atoms with van der Waals surface area (Å²) in [5.41, 5.74) is 6.02. The van der Waals surface area contributed by atoms with Crippen molar-refractivity contribution >= 4 is 22.5 Å². The maximum atomic E-state index is 13.3. The molecule has 34 heavy (non-hydrogen) atoms. The minimum atomic E-state index is -0.108. The van der Waals surface area contributed by atoms with Crippen molar-refractivity contribution in [3.05, 3.63) is 75.8 Å². The first-order chi connectivity index (χ1) is 16.2. The topological polar surface area (TPSA) is 76.8 Å². The Kier molecular flexibility index (Phi) is 5.52. The molecule has 0 saturated heterocycles. The highest BCUT2D eigenvalue weighted by molar-refractivity contribution is 5.79. The third-order valence-electron chi connectivity index (χ3n) is 6.34. The Labute approximate surface area is 199 Å². The summed E-state index contributed by atoms with van der Waals surface area (Å²) in [7, 11) is 0. The smallest absolute Gasteiger partial charge is 0.276 e. The van der Waals surface area contributed by atoms with Gasteiger partial charge in [0.2, 0.25) is 0 Å². The molecule has 4 heterocycles. The van der Waals surface area contributed by atoms with Crippen LogP contribution < -0.4 is 16.2 Å². The van der Waals surface area contributed by atoms with Crippen LogP contribution >= 0.6 is 0 Å². The van der Waals surface area contributed by atoms with E-state index in [1.807, 2.05) is 36.7 Å². The summed E-state index contributed by atoms with van der Waals surface area (Å²) in [6.45, 7) is 12.3. The molecule has 176 valence electrons. The lowest BCUT2D eigenvalue weighted by Crippen LogP contribution is -2.24. The van der Waals surface area contributed by atoms with E-state index in [0.29, 0.717) is 16.9 Å². The van der Waals surface area contributed by atoms with Gasteiger partial charge in [0.05, 0.1) is 11.1 Å². The van der Waals surface area contributed by atoms with Crippen molar-refractivity contribution in [2.45, 2.75) is 59.0 Å². The minimum absolute atomic E-state index is 0.0301. The van der Waals surface area contributed by atoms with E-state index in [2.05, 4.69) is 60.7 Å². The number of hydrogen-bond donors (Lipinski definition) is 2. The Bertz CT molecular complexity index is 1420. The van der Waals surface area contributed by atoms with Crippen LogP contribution in [-0.2, 0) is 18.4 Å². The van der Waals surface area contributed by atoms with Crippen molar-refractivity contribution in [3.8, 4) is 5.69 Å². The molecule has 0 amide bonds. The predicted octanol–water partition coefficient (Wildman–Crippen LogP) is 4.85. The summed E-state index contributed by atoms with van der Waals surface area (Å²) in [6.07, 6.45) is 2.86. The standard InChI is InChI=1S/C27H32N6O/c1-17(2)32-26(34)22-8-9-24(30-20-7-6-18-10-12-28-16-19(18)14-20)31-25(22)33(32)21-11-13-29-23(15-21)27(3,4)5/h6-9,11,13-15,17,28H,10,12,16H2,1-5H3,(H,30,31). The lowest BCUT2D eigenvalue weighted by molar-refractivity contribution is 0.474. The fourth-order valence-corrected chi connectivity index (χ4v) is 4.54. The predicted molar refractivity (Wildman–Crippen MR) is 137 cm³/mol. The Morgan fingerprint density at radius 1 is 1.06 bits per heavy atom. The molecule has 0 bridgehead atoms. The lowest BCUT2D eigenvalue weighted by Gasteiger charge is -2.20. The van der Waals surface area contributed by atoms with Gasteiger partial charge >= 0.3 is 0 Å². The Morgan fingerprint density at radius 3 is 2.65 bits per heavy atom. The van der Waals surface area contributed by atoms with Crippen LogP contribution in [0.15, 0.2) is 53.5 Å². The van der Waals surface area contributed by atoms with E-state index in [-0.39, 0.29) is 17.0 Å². The third kappa shape index (κ3) is 4.01. The fourth-order valence-electron chi connectivity index (χ4n) is 4.54. The van der Waals surface area contributed by atoms with Gasteiger partial charge in [-0.05, 0) is 74.3 Å². The van der Waals surface area contributed by atoms with Crippen molar-refractivity contribution in [1.29, 1.82) is 0 Å². The highest BCUT2D eigenvalue weighted by atomic mass is 16.1. The first kappa shape index (κ1) is 22.3. The molecule has 4 aromatic rings. The number of pyridine rings is 2. The van der Waals surface area contributed by atoms with Gasteiger partial charge in [-0.3, -0.25) is 9.78 Å². The molecule has 7 heteroatoms. The van der Waals surface area contributed by atoms with Crippen molar-refractivity contribution in [2.24, 2.45) is 0 Å². The number of rotatable bonds is 4. The number of anilines is 2. The summed E-state index contributed by atoms with van der Waals surface area (Å²) in [4.78, 5) is 22.8. The van der Waals surface area contributed by atoms with Gasteiger partial charge < -0.3 is 10.6 Å². The van der Waals surface area contributed by atoms with Crippen LogP contribution in [0.1, 0.15) is 57.5 Å². The molecule has 7 nitrogen and oxygen atoms in total. The van der Waals surface area contributed by atoms with E-state index in [9.17, 15) is 4.79 Å². The number of hydrogen-bond acceptors (Lipinski definition) is 5. The van der Waals surface area contributed by atoms with Crippen LogP contribution in [0.5, 0.6) is 0 Å². The van der Waals surface area contributed by atoms with Gasteiger partial charge in [0.1, 0.15) is 5.82 Å². The largest absolute Gasteiger partial charge is 0.340 e. The van der Waals surface area contributed by atoms with Crippen LogP contribution in [0.2, 0.25) is 0 Å². The first-order valence-corrected chi connectivity index (χ1v) is 11.9. The average molecular weight is 457 g/mol. The minimum Gasteiger partial charge on any atom is -0.340 e. The van der Waals surface area contributed by atoms with Gasteiger partial charge in [0.25, 0.3) is 5.56 Å². The molecule has 0 fully saturated rings. The van der Waals surface area contributed by atoms with Gasteiger partial charge in [-0.1, -0.05) is 26.8 Å². The molecular formula is C27H32N6O. The molecule has 5 rings (SSSR count). The maximum absolute atomic E-state index is 13.3. The van der Waals surface area contributed by atoms with E-state index in [4.69, 9.17) is 4.98 Å². The molecule has 1 aliphatic rings. The molecular weight excluding hydrogens is 424 g/mol. The van der Waals surface area contributed by atoms with E-state index in [1.165, 1.54) is 11.1 Å². The molecule has 1 aromatic carbocycles. The van der Waals surface area contributed by atoms with Crippen LogP contribution in [0.3, 0.4) is 0 Å². The van der Waals surface area contributed by atoms with Crippen LogP contribution in [0.25, 0.3) is 16.7 Å². The van der Waals surface area contributed by atoms with Crippen molar-refractivity contribution < 1.29 is 0 Å². The normalized spacial score (nSPS) is 13.9. The van der Waals surface area contributed by atoms with Crippen LogP contribution in [-0.4, -0.2) is 25.9 Å². The van der Waals surface area contributed by atoms with Crippen molar-refractivity contribution in [1.82, 2.24) is 24.6 Å².